The largest absolute Gasteiger partial charge is 0.496 e. The molecule has 0 aliphatic carbocycles. The number of para-hydroxylation sites is 1. The minimum atomic E-state index is -4.42. The summed E-state index contributed by atoms with van der Waals surface area (Å²) in [7, 11) is 3.57. The summed E-state index contributed by atoms with van der Waals surface area (Å²) < 4.78 is 47.5. The first-order chi connectivity index (χ1) is 18.7. The van der Waals surface area contributed by atoms with Crippen LogP contribution in [0, 0.1) is 0 Å². The highest BCUT2D eigenvalue weighted by atomic mass is 32.1. The number of nitrogens with one attached hydrogen (secondary N) is 2. The number of benzene rings is 2. The van der Waals surface area contributed by atoms with Crippen LogP contribution in [-0.4, -0.2) is 65.0 Å². The molecule has 2 aromatic heterocycles. The van der Waals surface area contributed by atoms with E-state index in [4.69, 9.17) is 4.74 Å². The van der Waals surface area contributed by atoms with Gasteiger partial charge in [0.2, 0.25) is 0 Å². The number of amides is 1. The first kappa shape index (κ1) is 26.9. The molecule has 8 nitrogen and oxygen atoms in total. The maximum Gasteiger partial charge on any atom is 0.406 e. The van der Waals surface area contributed by atoms with E-state index in [2.05, 4.69) is 32.8 Å². The molecular weight excluding hydrogens is 529 g/mol. The number of fused-ring (bicyclic) bond motifs is 1. The second kappa shape index (κ2) is 11.2. The van der Waals surface area contributed by atoms with Crippen LogP contribution in [0.25, 0.3) is 21.6 Å². The Morgan fingerprint density at radius 2 is 1.90 bits per heavy atom. The Morgan fingerprint density at radius 1 is 1.13 bits per heavy atom. The summed E-state index contributed by atoms with van der Waals surface area (Å²) in [5, 5.41) is 16.2. The van der Waals surface area contributed by atoms with Gasteiger partial charge in [0.1, 0.15) is 17.3 Å². The molecule has 1 saturated heterocycles. The van der Waals surface area contributed by atoms with E-state index in [1.807, 2.05) is 6.07 Å². The predicted molar refractivity (Wildman–Crippen MR) is 145 cm³/mol. The minimum absolute atomic E-state index is 0.0803. The Morgan fingerprint density at radius 3 is 2.64 bits per heavy atom. The Kier molecular flexibility index (Phi) is 7.76. The zero-order chi connectivity index (χ0) is 27.6. The summed E-state index contributed by atoms with van der Waals surface area (Å²) >= 11 is 1.15. The second-order valence-corrected chi connectivity index (χ2v) is 10.6. The third kappa shape index (κ3) is 6.17. The van der Waals surface area contributed by atoms with Crippen LogP contribution in [0.1, 0.15) is 28.2 Å². The average Bonchev–Trinajstić information content (AvgIpc) is 3.53. The summed E-state index contributed by atoms with van der Waals surface area (Å²) in [4.78, 5) is 14.9. The molecule has 0 bridgehead atoms. The van der Waals surface area contributed by atoms with Crippen molar-refractivity contribution in [2.75, 3.05) is 32.6 Å². The van der Waals surface area contributed by atoms with Crippen molar-refractivity contribution in [2.24, 2.45) is 0 Å². The number of anilines is 1. The first-order valence-corrected chi connectivity index (χ1v) is 13.4. The fourth-order valence-electron chi connectivity index (χ4n) is 4.82. The highest BCUT2D eigenvalue weighted by Gasteiger charge is 2.31. The van der Waals surface area contributed by atoms with Crippen molar-refractivity contribution in [3.63, 3.8) is 0 Å². The molecule has 1 fully saturated rings. The fraction of sp³-hybridized carbons (Fsp3) is 0.370. The number of methoxy groups -OCH3 is 1. The molecule has 0 unspecified atom stereocenters. The molecule has 1 amide bonds. The van der Waals surface area contributed by atoms with Gasteiger partial charge in [0, 0.05) is 17.1 Å². The van der Waals surface area contributed by atoms with Gasteiger partial charge in [0.15, 0.2) is 5.01 Å². The van der Waals surface area contributed by atoms with Crippen molar-refractivity contribution in [1.82, 2.24) is 25.0 Å². The maximum atomic E-state index is 13.7. The molecule has 206 valence electrons. The van der Waals surface area contributed by atoms with Crippen molar-refractivity contribution in [3.8, 4) is 16.5 Å². The van der Waals surface area contributed by atoms with E-state index < -0.39 is 12.7 Å². The van der Waals surface area contributed by atoms with Crippen LogP contribution in [0.5, 0.6) is 5.75 Å². The summed E-state index contributed by atoms with van der Waals surface area (Å²) in [6.07, 6.45) is -2.50. The van der Waals surface area contributed by atoms with Crippen LogP contribution >= 0.6 is 11.3 Å². The van der Waals surface area contributed by atoms with Gasteiger partial charge in [0.05, 0.1) is 30.4 Å². The topological polar surface area (TPSA) is 84.3 Å². The lowest BCUT2D eigenvalue weighted by Gasteiger charge is -2.30. The van der Waals surface area contributed by atoms with Gasteiger partial charge in [-0.05, 0) is 63.3 Å². The van der Waals surface area contributed by atoms with Crippen LogP contribution < -0.4 is 15.4 Å². The number of piperidine rings is 1. The molecule has 1 aliphatic rings. The van der Waals surface area contributed by atoms with Crippen molar-refractivity contribution in [3.05, 3.63) is 59.1 Å². The number of alkyl halides is 3. The highest BCUT2D eigenvalue weighted by molar-refractivity contribution is 7.14. The van der Waals surface area contributed by atoms with Gasteiger partial charge in [-0.2, -0.15) is 13.2 Å². The molecule has 0 radical (unpaired) electrons. The van der Waals surface area contributed by atoms with Gasteiger partial charge in [-0.25, -0.2) is 0 Å². The van der Waals surface area contributed by atoms with E-state index in [0.717, 1.165) is 43.0 Å². The molecular formula is C27H29F3N6O2S. The van der Waals surface area contributed by atoms with Crippen LogP contribution in [0.4, 0.5) is 18.9 Å². The number of halogens is 3. The van der Waals surface area contributed by atoms with Crippen molar-refractivity contribution in [1.29, 1.82) is 0 Å². The molecule has 3 heterocycles. The average molecular weight is 559 g/mol. The lowest BCUT2D eigenvalue weighted by Crippen LogP contribution is -2.36. The van der Waals surface area contributed by atoms with Gasteiger partial charge >= 0.3 is 6.18 Å². The summed E-state index contributed by atoms with van der Waals surface area (Å²) in [6, 6.07) is 14.2. The Labute approximate surface area is 227 Å². The van der Waals surface area contributed by atoms with E-state index >= 15 is 0 Å². The number of hydrogen-bond donors (Lipinski definition) is 2. The third-order valence-corrected chi connectivity index (χ3v) is 7.74. The van der Waals surface area contributed by atoms with Crippen LogP contribution in [0.3, 0.4) is 0 Å². The molecule has 5 rings (SSSR count). The highest BCUT2D eigenvalue weighted by Crippen LogP contribution is 2.36. The lowest BCUT2D eigenvalue weighted by atomic mass is 10.0. The first-order valence-electron chi connectivity index (χ1n) is 12.6. The number of hydrogen-bond acceptors (Lipinski definition) is 7. The Hall–Kier alpha value is -3.64. The van der Waals surface area contributed by atoms with Gasteiger partial charge in [-0.3, -0.25) is 4.79 Å². The molecule has 1 aliphatic heterocycles. The van der Waals surface area contributed by atoms with E-state index in [1.54, 1.807) is 42.5 Å². The molecule has 2 aromatic carbocycles. The second-order valence-electron chi connectivity index (χ2n) is 9.58. The molecule has 0 saturated carbocycles. The third-order valence-electron chi connectivity index (χ3n) is 6.80. The lowest BCUT2D eigenvalue weighted by molar-refractivity contribution is -0.139. The van der Waals surface area contributed by atoms with Gasteiger partial charge < -0.3 is 24.8 Å². The van der Waals surface area contributed by atoms with Gasteiger partial charge in [-0.1, -0.05) is 29.5 Å². The van der Waals surface area contributed by atoms with Crippen molar-refractivity contribution < 1.29 is 22.7 Å². The molecule has 12 heteroatoms. The van der Waals surface area contributed by atoms with E-state index in [0.29, 0.717) is 37.9 Å². The van der Waals surface area contributed by atoms with Crippen LogP contribution in [0.15, 0.2) is 48.5 Å². The number of aromatic nitrogens is 3. The Balaban J connectivity index is 1.41. The Bertz CT molecular complexity index is 1460. The smallest absolute Gasteiger partial charge is 0.406 e. The van der Waals surface area contributed by atoms with Crippen LogP contribution in [0.2, 0.25) is 0 Å². The van der Waals surface area contributed by atoms with E-state index in [-0.39, 0.29) is 18.5 Å². The predicted octanol–water partition coefficient (Wildman–Crippen LogP) is 5.17. The number of likely N-dealkylation sites (tertiary alicyclic amines) is 1. The van der Waals surface area contributed by atoms with Crippen LogP contribution in [-0.2, 0) is 13.1 Å². The maximum absolute atomic E-state index is 13.7. The molecule has 0 spiro atoms. The summed E-state index contributed by atoms with van der Waals surface area (Å²) in [5.41, 5.74) is 1.99. The zero-order valence-electron chi connectivity index (χ0n) is 21.6. The molecule has 4 aromatic rings. The summed E-state index contributed by atoms with van der Waals surface area (Å²) in [5.74, 6) is 0.0919. The minimum Gasteiger partial charge on any atom is -0.496 e. The number of ether oxygens (including phenoxy) is 1. The number of carbonyl (C=O) groups excluding carboxylic acids is 1. The van der Waals surface area contributed by atoms with Gasteiger partial charge in [-0.15, -0.1) is 10.2 Å². The normalized spacial score (nSPS) is 15.0. The standard InChI is InChI=1S/C27H29F3N6O2S/c1-35-12-10-17(11-13-35)32-20-7-5-8-21-19(20)14-22(36(21)16-27(28,29)30)26-34-33-24(39-26)15-31-25(37)18-6-3-4-9-23(18)38-2/h3-9,14,17,32H,10-13,15-16H2,1-2H3,(H,31,37). The SMILES string of the molecule is COc1ccccc1C(=O)NCc1nnc(-c2cc3c(NC4CCN(C)CC4)cccc3n2CC(F)(F)F)s1. The molecule has 0 atom stereocenters. The quantitative estimate of drug-likeness (QED) is 0.311. The monoisotopic (exact) mass is 558 g/mol. The molecule has 2 N–H and O–H groups in total. The van der Waals surface area contributed by atoms with E-state index in [1.165, 1.54) is 11.7 Å². The number of carbonyl (C=O) groups is 1. The van der Waals surface area contributed by atoms with Gasteiger partial charge in [0.25, 0.3) is 5.91 Å². The number of nitrogens with zero attached hydrogens (tertiary/aromatic N) is 4. The van der Waals surface area contributed by atoms with Crippen molar-refractivity contribution in [2.45, 2.75) is 38.1 Å². The number of rotatable bonds is 8. The summed E-state index contributed by atoms with van der Waals surface area (Å²) in [6.45, 7) is 0.865. The van der Waals surface area contributed by atoms with Crippen molar-refractivity contribution >= 4 is 33.8 Å². The molecule has 39 heavy (non-hydrogen) atoms. The zero-order valence-corrected chi connectivity index (χ0v) is 22.4. The van der Waals surface area contributed by atoms with E-state index in [9.17, 15) is 18.0 Å². The fourth-order valence-corrected chi connectivity index (χ4v) is 5.63.